The molecule has 1 aromatic heterocycles. The number of morpholine rings is 1. The Balaban J connectivity index is 1.88. The second-order valence-electron chi connectivity index (χ2n) is 5.12. The predicted octanol–water partition coefficient (Wildman–Crippen LogP) is 1.29. The fraction of sp³-hybridized carbons (Fsp3) is 0.462. The van der Waals surface area contributed by atoms with Crippen LogP contribution in [0.2, 0.25) is 0 Å². The summed E-state index contributed by atoms with van der Waals surface area (Å²) in [6.07, 6.45) is -0.0805. The van der Waals surface area contributed by atoms with Gasteiger partial charge in [-0.1, -0.05) is 0 Å². The van der Waals surface area contributed by atoms with Gasteiger partial charge in [-0.2, -0.15) is 4.98 Å². The number of benzene rings is 1. The Bertz CT molecular complexity index is 669. The van der Waals surface area contributed by atoms with Crippen molar-refractivity contribution in [2.75, 3.05) is 24.6 Å². The molecule has 21 heavy (non-hydrogen) atoms. The Kier molecular flexibility index (Phi) is 3.48. The Morgan fingerprint density at radius 3 is 3.10 bits per heavy atom. The summed E-state index contributed by atoms with van der Waals surface area (Å²) in [5.41, 5.74) is 6.85. The lowest BCUT2D eigenvalue weighted by Crippen LogP contribution is -2.49. The molecule has 3 rings (SSSR count). The van der Waals surface area contributed by atoms with Crippen LogP contribution in [0.1, 0.15) is 6.92 Å². The van der Waals surface area contributed by atoms with Crippen LogP contribution in [0.25, 0.3) is 11.1 Å². The van der Waals surface area contributed by atoms with Crippen LogP contribution in [0.3, 0.4) is 0 Å². The molecule has 0 amide bonds. The smallest absolute Gasteiger partial charge is 0.298 e. The zero-order valence-electron chi connectivity index (χ0n) is 11.6. The van der Waals surface area contributed by atoms with Crippen molar-refractivity contribution in [3.8, 4) is 0 Å². The highest BCUT2D eigenvalue weighted by Crippen LogP contribution is 2.26. The fourth-order valence-electron chi connectivity index (χ4n) is 2.32. The van der Waals surface area contributed by atoms with Crippen LogP contribution in [-0.2, 0) is 4.74 Å². The first kappa shape index (κ1) is 13.8. The molecule has 0 radical (unpaired) electrons. The molecule has 0 saturated carbocycles. The zero-order valence-corrected chi connectivity index (χ0v) is 11.6. The van der Waals surface area contributed by atoms with E-state index in [1.165, 1.54) is 12.1 Å². The molecule has 8 heteroatoms. The summed E-state index contributed by atoms with van der Waals surface area (Å²) in [5, 5.41) is 10.8. The van der Waals surface area contributed by atoms with E-state index in [9.17, 15) is 10.1 Å². The second kappa shape index (κ2) is 5.30. The van der Waals surface area contributed by atoms with Crippen LogP contribution in [0, 0.1) is 10.1 Å². The molecule has 0 spiro atoms. The number of hydrogen-bond acceptors (Lipinski definition) is 7. The maximum Gasteiger partial charge on any atom is 0.298 e. The van der Waals surface area contributed by atoms with Gasteiger partial charge in [0.2, 0.25) is 0 Å². The minimum atomic E-state index is -0.456. The maximum atomic E-state index is 10.8. The Labute approximate surface area is 120 Å². The standard InChI is InChI=1S/C13H16N4O4/c1-8(14)12-7-16(4-5-20-12)13-15-10-3-2-9(17(18)19)6-11(10)21-13/h2-3,6,8,12H,4-5,7,14H2,1H3. The van der Waals surface area contributed by atoms with E-state index in [0.717, 1.165) is 0 Å². The summed E-state index contributed by atoms with van der Waals surface area (Å²) >= 11 is 0. The minimum Gasteiger partial charge on any atom is -0.423 e. The monoisotopic (exact) mass is 292 g/mol. The van der Waals surface area contributed by atoms with Gasteiger partial charge in [0.25, 0.3) is 11.7 Å². The molecule has 2 heterocycles. The molecular weight excluding hydrogens is 276 g/mol. The van der Waals surface area contributed by atoms with E-state index in [1.54, 1.807) is 6.07 Å². The number of anilines is 1. The molecule has 0 aliphatic carbocycles. The van der Waals surface area contributed by atoms with Gasteiger partial charge < -0.3 is 19.8 Å². The summed E-state index contributed by atoms with van der Waals surface area (Å²) in [6, 6.07) is 4.75. The van der Waals surface area contributed by atoms with Crippen LogP contribution >= 0.6 is 0 Å². The van der Waals surface area contributed by atoms with Crippen molar-refractivity contribution in [3.05, 3.63) is 28.3 Å². The SMILES string of the molecule is CC(N)C1CN(c2nc3ccc([N+](=O)[O-])cc3o2)CCO1. The van der Waals surface area contributed by atoms with Crippen molar-refractivity contribution in [2.45, 2.75) is 19.1 Å². The van der Waals surface area contributed by atoms with Crippen molar-refractivity contribution in [1.29, 1.82) is 0 Å². The molecule has 1 aliphatic heterocycles. The molecule has 1 aliphatic rings. The lowest BCUT2D eigenvalue weighted by molar-refractivity contribution is -0.384. The highest BCUT2D eigenvalue weighted by Gasteiger charge is 2.26. The van der Waals surface area contributed by atoms with Gasteiger partial charge in [-0.3, -0.25) is 10.1 Å². The van der Waals surface area contributed by atoms with Crippen molar-refractivity contribution >= 4 is 22.8 Å². The predicted molar refractivity (Wildman–Crippen MR) is 76.3 cm³/mol. The number of nitrogens with two attached hydrogens (primary N) is 1. The van der Waals surface area contributed by atoms with E-state index in [1.807, 2.05) is 11.8 Å². The lowest BCUT2D eigenvalue weighted by atomic mass is 10.1. The number of nitro benzene ring substituents is 1. The third-order valence-corrected chi connectivity index (χ3v) is 3.52. The van der Waals surface area contributed by atoms with Gasteiger partial charge in [0.05, 0.1) is 30.2 Å². The van der Waals surface area contributed by atoms with Crippen LogP contribution in [0.15, 0.2) is 22.6 Å². The quantitative estimate of drug-likeness (QED) is 0.670. The summed E-state index contributed by atoms with van der Waals surface area (Å²) in [7, 11) is 0. The first-order chi connectivity index (χ1) is 10.0. The van der Waals surface area contributed by atoms with Crippen LogP contribution in [0.4, 0.5) is 11.7 Å². The number of nitro groups is 1. The Morgan fingerprint density at radius 2 is 2.38 bits per heavy atom. The molecule has 2 N–H and O–H groups in total. The summed E-state index contributed by atoms with van der Waals surface area (Å²) in [4.78, 5) is 16.6. The van der Waals surface area contributed by atoms with Gasteiger partial charge >= 0.3 is 0 Å². The Hall–Kier alpha value is -2.19. The van der Waals surface area contributed by atoms with Gasteiger partial charge in [0, 0.05) is 18.7 Å². The van der Waals surface area contributed by atoms with E-state index in [2.05, 4.69) is 4.98 Å². The fourth-order valence-corrected chi connectivity index (χ4v) is 2.32. The number of hydrogen-bond donors (Lipinski definition) is 1. The normalized spacial score (nSPS) is 20.7. The highest BCUT2D eigenvalue weighted by molar-refractivity contribution is 5.77. The van der Waals surface area contributed by atoms with Gasteiger partial charge in [-0.05, 0) is 13.0 Å². The molecule has 2 aromatic rings. The largest absolute Gasteiger partial charge is 0.423 e. The zero-order chi connectivity index (χ0) is 15.0. The van der Waals surface area contributed by atoms with Crippen molar-refractivity contribution in [3.63, 3.8) is 0 Å². The summed E-state index contributed by atoms with van der Waals surface area (Å²) in [6.45, 7) is 3.68. The van der Waals surface area contributed by atoms with Gasteiger partial charge in [-0.15, -0.1) is 0 Å². The molecule has 1 fully saturated rings. The lowest BCUT2D eigenvalue weighted by Gasteiger charge is -2.33. The van der Waals surface area contributed by atoms with Crippen molar-refractivity contribution in [1.82, 2.24) is 4.98 Å². The molecule has 2 unspecified atom stereocenters. The molecular formula is C13H16N4O4. The second-order valence-corrected chi connectivity index (χ2v) is 5.12. The molecule has 2 atom stereocenters. The first-order valence-corrected chi connectivity index (χ1v) is 6.71. The topological polar surface area (TPSA) is 108 Å². The third-order valence-electron chi connectivity index (χ3n) is 3.52. The van der Waals surface area contributed by atoms with Crippen LogP contribution < -0.4 is 10.6 Å². The van der Waals surface area contributed by atoms with Crippen LogP contribution in [-0.4, -0.2) is 41.7 Å². The third kappa shape index (κ3) is 2.67. The van der Waals surface area contributed by atoms with Gasteiger partial charge in [-0.25, -0.2) is 0 Å². The van der Waals surface area contributed by atoms with Crippen molar-refractivity contribution < 1.29 is 14.1 Å². The van der Waals surface area contributed by atoms with Gasteiger partial charge in [0.15, 0.2) is 5.58 Å². The maximum absolute atomic E-state index is 10.8. The minimum absolute atomic E-state index is 0.0133. The molecule has 8 nitrogen and oxygen atoms in total. The van der Waals surface area contributed by atoms with Crippen molar-refractivity contribution in [2.24, 2.45) is 5.73 Å². The average Bonchev–Trinajstić information content (AvgIpc) is 2.90. The van der Waals surface area contributed by atoms with Gasteiger partial charge in [0.1, 0.15) is 5.52 Å². The number of rotatable bonds is 3. The first-order valence-electron chi connectivity index (χ1n) is 6.71. The number of oxazole rings is 1. The summed E-state index contributed by atoms with van der Waals surface area (Å²) in [5.74, 6) is 0. The van der Waals surface area contributed by atoms with E-state index in [4.69, 9.17) is 14.9 Å². The highest BCUT2D eigenvalue weighted by atomic mass is 16.6. The molecule has 0 bridgehead atoms. The number of nitrogens with zero attached hydrogens (tertiary/aromatic N) is 3. The van der Waals surface area contributed by atoms with Crippen LogP contribution in [0.5, 0.6) is 0 Å². The average molecular weight is 292 g/mol. The van der Waals surface area contributed by atoms with E-state index in [-0.39, 0.29) is 17.8 Å². The Morgan fingerprint density at radius 1 is 1.57 bits per heavy atom. The number of fused-ring (bicyclic) bond motifs is 1. The molecule has 1 aromatic carbocycles. The number of ether oxygens (including phenoxy) is 1. The van der Waals surface area contributed by atoms with E-state index < -0.39 is 4.92 Å². The number of aromatic nitrogens is 1. The van der Waals surface area contributed by atoms with E-state index >= 15 is 0 Å². The van der Waals surface area contributed by atoms with E-state index in [0.29, 0.717) is 36.8 Å². The molecule has 112 valence electrons. The molecule has 1 saturated heterocycles. The summed E-state index contributed by atoms with van der Waals surface area (Å²) < 4.78 is 11.2. The number of non-ortho nitro benzene ring substituents is 1.